The molecule has 1 aliphatic heterocycles. The van der Waals surface area contributed by atoms with Crippen molar-refractivity contribution in [2.75, 3.05) is 31.1 Å². The molecule has 0 spiro atoms. The van der Waals surface area contributed by atoms with Crippen LogP contribution in [0, 0.1) is 6.92 Å². The maximum absolute atomic E-state index is 12.5. The quantitative estimate of drug-likeness (QED) is 0.679. The highest BCUT2D eigenvalue weighted by atomic mass is 16.5. The molecule has 28 heavy (non-hydrogen) atoms. The standard InChI is InChI=1S/C19H20N6O3/c1-12-10-15(22-27-12)19(26)25-8-6-24(7-9-25)16-5-4-14(11-20-16)17-21-18(28-23-17)13-2-3-13/h4-5,10-11,13H,2-3,6-9H2,1H3. The molecule has 0 aromatic carbocycles. The average Bonchev–Trinajstić information content (AvgIpc) is 3.30. The van der Waals surface area contributed by atoms with E-state index >= 15 is 0 Å². The van der Waals surface area contributed by atoms with Crippen LogP contribution in [-0.2, 0) is 0 Å². The Morgan fingerprint density at radius 3 is 2.57 bits per heavy atom. The molecule has 4 heterocycles. The van der Waals surface area contributed by atoms with Gasteiger partial charge in [0.2, 0.25) is 11.7 Å². The van der Waals surface area contributed by atoms with Crippen LogP contribution in [0.3, 0.4) is 0 Å². The molecule has 0 bridgehead atoms. The van der Waals surface area contributed by atoms with Crippen LogP contribution < -0.4 is 4.90 Å². The number of carbonyl (C=O) groups is 1. The molecule has 144 valence electrons. The third kappa shape index (κ3) is 3.23. The molecule has 0 atom stereocenters. The molecule has 1 saturated heterocycles. The van der Waals surface area contributed by atoms with Crippen LogP contribution in [0.25, 0.3) is 11.4 Å². The summed E-state index contributed by atoms with van der Waals surface area (Å²) in [7, 11) is 0. The van der Waals surface area contributed by atoms with E-state index in [-0.39, 0.29) is 5.91 Å². The molecule has 1 saturated carbocycles. The Kier molecular flexibility index (Phi) is 4.07. The van der Waals surface area contributed by atoms with E-state index < -0.39 is 0 Å². The van der Waals surface area contributed by atoms with E-state index in [1.807, 2.05) is 12.1 Å². The first-order valence-electron chi connectivity index (χ1n) is 9.45. The van der Waals surface area contributed by atoms with Crippen LogP contribution in [-0.4, -0.2) is 57.3 Å². The summed E-state index contributed by atoms with van der Waals surface area (Å²) in [5.74, 6) is 3.16. The van der Waals surface area contributed by atoms with Crippen molar-refractivity contribution < 1.29 is 13.8 Å². The monoisotopic (exact) mass is 380 g/mol. The van der Waals surface area contributed by atoms with E-state index in [2.05, 4.69) is 25.2 Å². The number of piperazine rings is 1. The number of pyridine rings is 1. The number of hydrogen-bond donors (Lipinski definition) is 0. The van der Waals surface area contributed by atoms with Gasteiger partial charge in [-0.1, -0.05) is 10.3 Å². The van der Waals surface area contributed by atoms with E-state index in [0.717, 1.165) is 30.1 Å². The number of aryl methyl sites for hydroxylation is 1. The number of aromatic nitrogens is 4. The largest absolute Gasteiger partial charge is 0.361 e. The Balaban J connectivity index is 1.22. The SMILES string of the molecule is Cc1cc(C(=O)N2CCN(c3ccc(-c4noc(C5CC5)n4)cn3)CC2)no1. The van der Waals surface area contributed by atoms with Gasteiger partial charge in [-0.3, -0.25) is 4.79 Å². The van der Waals surface area contributed by atoms with Gasteiger partial charge in [0.15, 0.2) is 5.69 Å². The van der Waals surface area contributed by atoms with Gasteiger partial charge in [0, 0.05) is 49.9 Å². The molecule has 9 heteroatoms. The van der Waals surface area contributed by atoms with E-state index in [1.54, 1.807) is 24.1 Å². The summed E-state index contributed by atoms with van der Waals surface area (Å²) >= 11 is 0. The summed E-state index contributed by atoms with van der Waals surface area (Å²) in [6, 6.07) is 5.59. The number of amides is 1. The fraction of sp³-hybridized carbons (Fsp3) is 0.421. The lowest BCUT2D eigenvalue weighted by atomic mass is 10.2. The molecule has 1 amide bonds. The minimum Gasteiger partial charge on any atom is -0.361 e. The lowest BCUT2D eigenvalue weighted by Crippen LogP contribution is -2.49. The molecule has 2 fully saturated rings. The van der Waals surface area contributed by atoms with Gasteiger partial charge < -0.3 is 18.8 Å². The highest BCUT2D eigenvalue weighted by Gasteiger charge is 2.30. The van der Waals surface area contributed by atoms with Crippen molar-refractivity contribution in [2.24, 2.45) is 0 Å². The number of anilines is 1. The van der Waals surface area contributed by atoms with Crippen molar-refractivity contribution >= 4 is 11.7 Å². The summed E-state index contributed by atoms with van der Waals surface area (Å²) in [5.41, 5.74) is 1.20. The third-order valence-electron chi connectivity index (χ3n) is 5.11. The first kappa shape index (κ1) is 16.9. The predicted octanol–water partition coefficient (Wildman–Crippen LogP) is 2.27. The molecule has 9 nitrogen and oxygen atoms in total. The zero-order valence-electron chi connectivity index (χ0n) is 15.5. The Hall–Kier alpha value is -3.23. The topological polar surface area (TPSA) is 101 Å². The van der Waals surface area contributed by atoms with E-state index in [4.69, 9.17) is 9.05 Å². The smallest absolute Gasteiger partial charge is 0.276 e. The summed E-state index contributed by atoms with van der Waals surface area (Å²) in [6.45, 7) is 4.43. The molecule has 3 aromatic heterocycles. The molecule has 0 unspecified atom stereocenters. The Morgan fingerprint density at radius 1 is 1.11 bits per heavy atom. The zero-order chi connectivity index (χ0) is 19.1. The normalized spacial score (nSPS) is 17.2. The number of carbonyl (C=O) groups excluding carboxylic acids is 1. The summed E-state index contributed by atoms with van der Waals surface area (Å²) < 4.78 is 10.3. The van der Waals surface area contributed by atoms with Crippen LogP contribution in [0.4, 0.5) is 5.82 Å². The number of hydrogen-bond acceptors (Lipinski definition) is 8. The first-order chi connectivity index (χ1) is 13.7. The third-order valence-corrected chi connectivity index (χ3v) is 5.11. The molecule has 2 aliphatic rings. The highest BCUT2D eigenvalue weighted by Crippen LogP contribution is 2.39. The Morgan fingerprint density at radius 2 is 1.93 bits per heavy atom. The van der Waals surface area contributed by atoms with Crippen LogP contribution in [0.1, 0.15) is 40.9 Å². The van der Waals surface area contributed by atoms with Gasteiger partial charge in [-0.25, -0.2) is 4.98 Å². The molecular formula is C19H20N6O3. The predicted molar refractivity (Wildman–Crippen MR) is 98.9 cm³/mol. The fourth-order valence-corrected chi connectivity index (χ4v) is 3.32. The molecule has 3 aromatic rings. The summed E-state index contributed by atoms with van der Waals surface area (Å²) in [5, 5.41) is 7.86. The molecule has 1 aliphatic carbocycles. The van der Waals surface area contributed by atoms with Gasteiger partial charge in [-0.15, -0.1) is 0 Å². The second-order valence-electron chi connectivity index (χ2n) is 7.24. The summed E-state index contributed by atoms with van der Waals surface area (Å²) in [6.07, 6.45) is 4.03. The second kappa shape index (κ2) is 6.74. The zero-order valence-corrected chi connectivity index (χ0v) is 15.5. The van der Waals surface area contributed by atoms with Crippen LogP contribution >= 0.6 is 0 Å². The molecule has 0 N–H and O–H groups in total. The minimum absolute atomic E-state index is 0.0941. The van der Waals surface area contributed by atoms with E-state index in [0.29, 0.717) is 49.4 Å². The van der Waals surface area contributed by atoms with Crippen molar-refractivity contribution in [2.45, 2.75) is 25.7 Å². The lowest BCUT2D eigenvalue weighted by molar-refractivity contribution is 0.0736. The van der Waals surface area contributed by atoms with Gasteiger partial charge in [-0.05, 0) is 31.9 Å². The van der Waals surface area contributed by atoms with Gasteiger partial charge in [0.05, 0.1) is 0 Å². The first-order valence-corrected chi connectivity index (χ1v) is 9.45. The van der Waals surface area contributed by atoms with Crippen LogP contribution in [0.15, 0.2) is 33.4 Å². The highest BCUT2D eigenvalue weighted by molar-refractivity contribution is 5.92. The molecule has 5 rings (SSSR count). The second-order valence-corrected chi connectivity index (χ2v) is 7.24. The number of nitrogens with zero attached hydrogens (tertiary/aromatic N) is 6. The Bertz CT molecular complexity index is 983. The van der Waals surface area contributed by atoms with Crippen molar-refractivity contribution in [3.05, 3.63) is 41.7 Å². The Labute approximate surface area is 161 Å². The van der Waals surface area contributed by atoms with Crippen LogP contribution in [0.2, 0.25) is 0 Å². The summed E-state index contributed by atoms with van der Waals surface area (Å²) in [4.78, 5) is 25.4. The van der Waals surface area contributed by atoms with E-state index in [9.17, 15) is 4.79 Å². The average molecular weight is 380 g/mol. The number of rotatable bonds is 4. The lowest BCUT2D eigenvalue weighted by Gasteiger charge is -2.35. The maximum Gasteiger partial charge on any atom is 0.276 e. The maximum atomic E-state index is 12.5. The fourth-order valence-electron chi connectivity index (χ4n) is 3.32. The van der Waals surface area contributed by atoms with Crippen molar-refractivity contribution in [3.63, 3.8) is 0 Å². The van der Waals surface area contributed by atoms with Gasteiger partial charge in [0.25, 0.3) is 5.91 Å². The molecule has 0 radical (unpaired) electrons. The van der Waals surface area contributed by atoms with E-state index in [1.165, 1.54) is 0 Å². The van der Waals surface area contributed by atoms with Crippen molar-refractivity contribution in [1.29, 1.82) is 0 Å². The minimum atomic E-state index is -0.0941. The van der Waals surface area contributed by atoms with Crippen LogP contribution in [0.5, 0.6) is 0 Å². The van der Waals surface area contributed by atoms with Crippen molar-refractivity contribution in [3.8, 4) is 11.4 Å². The van der Waals surface area contributed by atoms with Crippen molar-refractivity contribution in [1.82, 2.24) is 25.2 Å². The molecular weight excluding hydrogens is 360 g/mol. The van der Waals surface area contributed by atoms with Gasteiger partial charge >= 0.3 is 0 Å². The van der Waals surface area contributed by atoms with Gasteiger partial charge in [-0.2, -0.15) is 4.98 Å². The van der Waals surface area contributed by atoms with Gasteiger partial charge in [0.1, 0.15) is 11.6 Å².